The fourth-order valence-corrected chi connectivity index (χ4v) is 2.09. The number of carboxylic acids is 1. The van der Waals surface area contributed by atoms with Crippen LogP contribution in [0, 0.1) is 17.0 Å². The van der Waals surface area contributed by atoms with E-state index < -0.39 is 28.9 Å². The molecule has 1 aromatic carbocycles. The fourth-order valence-electron chi connectivity index (χ4n) is 2.09. The number of anilines is 1. The summed E-state index contributed by atoms with van der Waals surface area (Å²) < 4.78 is 31.3. The van der Waals surface area contributed by atoms with Crippen molar-refractivity contribution in [2.45, 2.75) is 12.8 Å². The number of carbonyl (C=O) groups is 2. The standard InChI is InChI=1S/C13H13F2NO4/c14-8-1-2-10(9(15)7-8)16-11(17)13(12(18)19)3-5-20-6-4-13/h1-2,7H,3-6H2,(H,16,17)(H,18,19). The molecule has 0 unspecified atom stereocenters. The van der Waals surface area contributed by atoms with Crippen LogP contribution in [-0.4, -0.2) is 30.2 Å². The van der Waals surface area contributed by atoms with Crippen LogP contribution in [0.5, 0.6) is 0 Å². The Morgan fingerprint density at radius 1 is 1.25 bits per heavy atom. The first-order chi connectivity index (χ1) is 9.45. The van der Waals surface area contributed by atoms with Gasteiger partial charge in [0, 0.05) is 19.3 Å². The van der Waals surface area contributed by atoms with E-state index in [0.717, 1.165) is 12.1 Å². The Hall–Kier alpha value is -2.02. The van der Waals surface area contributed by atoms with Gasteiger partial charge in [0.2, 0.25) is 5.91 Å². The Labute approximate surface area is 113 Å². The molecule has 1 aromatic rings. The van der Waals surface area contributed by atoms with Gasteiger partial charge in [-0.25, -0.2) is 8.78 Å². The van der Waals surface area contributed by atoms with Crippen LogP contribution >= 0.6 is 0 Å². The van der Waals surface area contributed by atoms with Crippen molar-refractivity contribution < 1.29 is 28.2 Å². The molecule has 7 heteroatoms. The molecular formula is C13H13F2NO4. The zero-order valence-electron chi connectivity index (χ0n) is 10.5. The van der Waals surface area contributed by atoms with Crippen LogP contribution in [0.1, 0.15) is 12.8 Å². The van der Waals surface area contributed by atoms with E-state index in [1.54, 1.807) is 0 Å². The minimum absolute atomic E-state index is 0.0109. The normalized spacial score (nSPS) is 17.5. The summed E-state index contributed by atoms with van der Waals surface area (Å²) in [4.78, 5) is 23.5. The van der Waals surface area contributed by atoms with Crippen LogP contribution in [-0.2, 0) is 14.3 Å². The first-order valence-corrected chi connectivity index (χ1v) is 6.03. The molecule has 0 atom stereocenters. The Morgan fingerprint density at radius 3 is 2.45 bits per heavy atom. The van der Waals surface area contributed by atoms with Crippen molar-refractivity contribution in [3.8, 4) is 0 Å². The van der Waals surface area contributed by atoms with Gasteiger partial charge >= 0.3 is 5.97 Å². The average molecular weight is 285 g/mol. The molecule has 1 aliphatic rings. The van der Waals surface area contributed by atoms with Crippen LogP contribution in [0.25, 0.3) is 0 Å². The molecule has 0 aliphatic carbocycles. The van der Waals surface area contributed by atoms with Gasteiger partial charge in [0.1, 0.15) is 11.6 Å². The number of carboxylic acid groups (broad SMARTS) is 1. The second kappa shape index (κ2) is 5.54. The number of nitrogens with one attached hydrogen (secondary N) is 1. The van der Waals surface area contributed by atoms with Gasteiger partial charge in [-0.3, -0.25) is 9.59 Å². The summed E-state index contributed by atoms with van der Waals surface area (Å²) >= 11 is 0. The molecule has 1 amide bonds. The van der Waals surface area contributed by atoms with Gasteiger partial charge in [-0.1, -0.05) is 0 Å². The lowest BCUT2D eigenvalue weighted by molar-refractivity contribution is -0.160. The number of halogens is 2. The van der Waals surface area contributed by atoms with Gasteiger partial charge in [0.05, 0.1) is 5.69 Å². The molecule has 0 spiro atoms. The lowest BCUT2D eigenvalue weighted by atomic mass is 9.79. The van der Waals surface area contributed by atoms with Crippen LogP contribution in [0.3, 0.4) is 0 Å². The van der Waals surface area contributed by atoms with Gasteiger partial charge < -0.3 is 15.2 Å². The maximum Gasteiger partial charge on any atom is 0.319 e. The molecule has 0 radical (unpaired) electrons. The third kappa shape index (κ3) is 2.62. The second-order valence-electron chi connectivity index (χ2n) is 4.58. The van der Waals surface area contributed by atoms with E-state index in [4.69, 9.17) is 4.74 Å². The molecule has 1 fully saturated rings. The van der Waals surface area contributed by atoms with Crippen molar-refractivity contribution in [3.05, 3.63) is 29.8 Å². The highest BCUT2D eigenvalue weighted by Crippen LogP contribution is 2.32. The van der Waals surface area contributed by atoms with Gasteiger partial charge in [-0.05, 0) is 25.0 Å². The van der Waals surface area contributed by atoms with Crippen molar-refractivity contribution in [3.63, 3.8) is 0 Å². The van der Waals surface area contributed by atoms with Crippen molar-refractivity contribution in [2.75, 3.05) is 18.5 Å². The number of rotatable bonds is 3. The zero-order valence-corrected chi connectivity index (χ0v) is 10.5. The lowest BCUT2D eigenvalue weighted by Crippen LogP contribution is -2.47. The van der Waals surface area contributed by atoms with Crippen molar-refractivity contribution >= 4 is 17.6 Å². The highest BCUT2D eigenvalue weighted by molar-refractivity contribution is 6.08. The summed E-state index contributed by atoms with van der Waals surface area (Å²) in [5, 5.41) is 11.5. The first kappa shape index (κ1) is 14.4. The summed E-state index contributed by atoms with van der Waals surface area (Å²) in [5.41, 5.74) is -1.89. The monoisotopic (exact) mass is 285 g/mol. The lowest BCUT2D eigenvalue weighted by Gasteiger charge is -2.31. The number of ether oxygens (including phenoxy) is 1. The highest BCUT2D eigenvalue weighted by atomic mass is 19.1. The number of aliphatic carboxylic acids is 1. The van der Waals surface area contributed by atoms with Gasteiger partial charge in [-0.2, -0.15) is 0 Å². The topological polar surface area (TPSA) is 75.6 Å². The maximum atomic E-state index is 13.5. The highest BCUT2D eigenvalue weighted by Gasteiger charge is 2.47. The molecule has 1 heterocycles. The molecule has 2 N–H and O–H groups in total. The predicted octanol–water partition coefficient (Wildman–Crippen LogP) is 1.78. The molecule has 2 rings (SSSR count). The van der Waals surface area contributed by atoms with Crippen molar-refractivity contribution in [2.24, 2.45) is 5.41 Å². The SMILES string of the molecule is O=C(O)C1(C(=O)Nc2ccc(F)cc2F)CCOCC1. The minimum atomic E-state index is -1.64. The van der Waals surface area contributed by atoms with Crippen LogP contribution < -0.4 is 5.32 Å². The zero-order chi connectivity index (χ0) is 14.8. The summed E-state index contributed by atoms with van der Waals surface area (Å²) in [6, 6.07) is 2.65. The first-order valence-electron chi connectivity index (χ1n) is 6.03. The smallest absolute Gasteiger partial charge is 0.319 e. The largest absolute Gasteiger partial charge is 0.480 e. The Bertz CT molecular complexity index is 541. The minimum Gasteiger partial charge on any atom is -0.480 e. The molecule has 20 heavy (non-hydrogen) atoms. The van der Waals surface area contributed by atoms with E-state index in [2.05, 4.69) is 5.32 Å². The summed E-state index contributed by atoms with van der Waals surface area (Å²) in [6.45, 7) is 0.289. The Balaban J connectivity index is 2.22. The maximum absolute atomic E-state index is 13.5. The average Bonchev–Trinajstić information content (AvgIpc) is 2.42. The Kier molecular flexibility index (Phi) is 3.99. The predicted molar refractivity (Wildman–Crippen MR) is 65.1 cm³/mol. The summed E-state index contributed by atoms with van der Waals surface area (Å²) in [6.07, 6.45) is 0.0218. The van der Waals surface area contributed by atoms with Crippen molar-refractivity contribution in [1.29, 1.82) is 0 Å². The number of carbonyl (C=O) groups excluding carboxylic acids is 1. The number of benzene rings is 1. The molecule has 0 bridgehead atoms. The molecule has 108 valence electrons. The van der Waals surface area contributed by atoms with E-state index in [1.165, 1.54) is 0 Å². The summed E-state index contributed by atoms with van der Waals surface area (Å²) in [5.74, 6) is -3.83. The molecule has 0 aromatic heterocycles. The van der Waals surface area contributed by atoms with E-state index >= 15 is 0 Å². The van der Waals surface area contributed by atoms with Crippen LogP contribution in [0.2, 0.25) is 0 Å². The molecule has 1 saturated heterocycles. The number of amides is 1. The third-order valence-corrected chi connectivity index (χ3v) is 3.37. The van der Waals surface area contributed by atoms with Crippen LogP contribution in [0.4, 0.5) is 14.5 Å². The van der Waals surface area contributed by atoms with E-state index in [-0.39, 0.29) is 31.7 Å². The van der Waals surface area contributed by atoms with Gasteiger partial charge in [0.25, 0.3) is 0 Å². The summed E-state index contributed by atoms with van der Waals surface area (Å²) in [7, 11) is 0. The van der Waals surface area contributed by atoms with E-state index in [1.807, 2.05) is 0 Å². The second-order valence-corrected chi connectivity index (χ2v) is 4.58. The van der Waals surface area contributed by atoms with Crippen LogP contribution in [0.15, 0.2) is 18.2 Å². The molecule has 5 nitrogen and oxygen atoms in total. The number of hydrogen-bond donors (Lipinski definition) is 2. The van der Waals surface area contributed by atoms with Crippen molar-refractivity contribution in [1.82, 2.24) is 0 Å². The molecular weight excluding hydrogens is 272 g/mol. The van der Waals surface area contributed by atoms with E-state index in [0.29, 0.717) is 6.07 Å². The quantitative estimate of drug-likeness (QED) is 0.830. The fraction of sp³-hybridized carbons (Fsp3) is 0.385. The van der Waals surface area contributed by atoms with Gasteiger partial charge in [-0.15, -0.1) is 0 Å². The van der Waals surface area contributed by atoms with E-state index in [9.17, 15) is 23.5 Å². The van der Waals surface area contributed by atoms with Gasteiger partial charge in [0.15, 0.2) is 5.41 Å². The molecule has 1 aliphatic heterocycles. The molecule has 0 saturated carbocycles. The third-order valence-electron chi connectivity index (χ3n) is 3.37. The Morgan fingerprint density at radius 2 is 1.90 bits per heavy atom. The number of hydrogen-bond acceptors (Lipinski definition) is 3.